The zero-order valence-electron chi connectivity index (χ0n) is 55.9. The lowest BCUT2D eigenvalue weighted by molar-refractivity contribution is 0.174. The van der Waals surface area contributed by atoms with Gasteiger partial charge in [-0.25, -0.2) is 29.3 Å². The third-order valence-electron chi connectivity index (χ3n) is 17.2. The van der Waals surface area contributed by atoms with Crippen LogP contribution in [0.4, 0.5) is 4.39 Å². The van der Waals surface area contributed by atoms with E-state index < -0.39 is 0 Å². The maximum absolute atomic E-state index is 13.4. The first-order valence-corrected chi connectivity index (χ1v) is 33.2. The molecule has 0 unspecified atom stereocenters. The number of aromatic nitrogens is 23. The Balaban J connectivity index is 0.000000110. The van der Waals surface area contributed by atoms with Crippen molar-refractivity contribution in [2.24, 2.45) is 11.8 Å². The summed E-state index contributed by atoms with van der Waals surface area (Å²) in [7, 11) is 0. The van der Waals surface area contributed by atoms with Crippen LogP contribution in [-0.2, 0) is 25.7 Å². The van der Waals surface area contributed by atoms with Crippen molar-refractivity contribution in [3.8, 4) is 113 Å². The van der Waals surface area contributed by atoms with Crippen molar-refractivity contribution in [2.45, 2.75) is 67.2 Å². The molecule has 1 aliphatic rings. The summed E-state index contributed by atoms with van der Waals surface area (Å²) < 4.78 is 24.3. The predicted octanol–water partition coefficient (Wildman–Crippen LogP) is 15.2. The summed E-state index contributed by atoms with van der Waals surface area (Å²) >= 11 is 0. The molecule has 0 bridgehead atoms. The van der Waals surface area contributed by atoms with Gasteiger partial charge in [0.2, 0.25) is 6.79 Å². The van der Waals surface area contributed by atoms with E-state index in [1.54, 1.807) is 6.07 Å². The molecule has 0 saturated carbocycles. The number of fused-ring (bicyclic) bond motifs is 5. The summed E-state index contributed by atoms with van der Waals surface area (Å²) in [5.74, 6) is 7.70. The maximum Gasteiger partial charge on any atom is 0.231 e. The van der Waals surface area contributed by atoms with Crippen LogP contribution in [-0.4, -0.2) is 123 Å². The monoisotopic (exact) mass is 1340 g/mol. The number of aryl methyl sites for hydroxylation is 2. The lowest BCUT2D eigenvalue weighted by Crippen LogP contribution is -1.95. The molecule has 0 amide bonds. The van der Waals surface area contributed by atoms with E-state index in [9.17, 15) is 4.39 Å². The third-order valence-corrected chi connectivity index (χ3v) is 17.2. The second-order valence-corrected chi connectivity index (χ2v) is 25.1. The van der Waals surface area contributed by atoms with Crippen LogP contribution in [0.5, 0.6) is 11.5 Å². The number of halogens is 1. The fraction of sp³-hybridized carbons (Fsp3) is 0.173. The summed E-state index contributed by atoms with van der Waals surface area (Å²) in [6.45, 7) is 13.4. The zero-order chi connectivity index (χ0) is 68.9. The molecule has 502 valence electrons. The van der Waals surface area contributed by atoms with Gasteiger partial charge in [-0.2, -0.15) is 45.9 Å². The Hall–Kier alpha value is -13.1. The van der Waals surface area contributed by atoms with Crippen molar-refractivity contribution in [3.05, 3.63) is 205 Å². The highest BCUT2D eigenvalue weighted by Gasteiger charge is 2.20. The van der Waals surface area contributed by atoms with Crippen LogP contribution in [0.15, 0.2) is 177 Å². The quantitative estimate of drug-likeness (QED) is 0.0460. The highest BCUT2D eigenvalue weighted by molar-refractivity contribution is 5.99. The van der Waals surface area contributed by atoms with Crippen LogP contribution in [0.25, 0.3) is 146 Å². The van der Waals surface area contributed by atoms with Crippen LogP contribution >= 0.6 is 0 Å². The van der Waals surface area contributed by atoms with Crippen molar-refractivity contribution in [3.63, 3.8) is 0 Å². The topological polar surface area (TPSA) is 341 Å². The van der Waals surface area contributed by atoms with Crippen molar-refractivity contribution >= 4 is 43.6 Å². The summed E-state index contributed by atoms with van der Waals surface area (Å²) in [5.41, 5.74) is 18.7. The average molecular weight is 1340 g/mol. The van der Waals surface area contributed by atoms with Gasteiger partial charge in [-0.15, -0.1) is 0 Å². The zero-order valence-corrected chi connectivity index (χ0v) is 55.9. The van der Waals surface area contributed by atoms with Gasteiger partial charge in [0, 0.05) is 84.5 Å². The average Bonchev–Trinajstić information content (AvgIpc) is 1.68. The van der Waals surface area contributed by atoms with E-state index in [4.69, 9.17) is 9.47 Å². The number of H-pyrrole nitrogens is 9. The van der Waals surface area contributed by atoms with E-state index in [1.165, 1.54) is 42.2 Å². The fourth-order valence-electron chi connectivity index (χ4n) is 12.3. The van der Waals surface area contributed by atoms with Gasteiger partial charge in [0.15, 0.2) is 40.6 Å². The van der Waals surface area contributed by atoms with Gasteiger partial charge >= 0.3 is 0 Å². The molecule has 0 saturated heterocycles. The maximum atomic E-state index is 13.4. The second-order valence-electron chi connectivity index (χ2n) is 25.1. The Morgan fingerprint density at radius 2 is 0.762 bits per heavy atom. The highest BCUT2D eigenvalue weighted by Crippen LogP contribution is 2.39. The van der Waals surface area contributed by atoms with Crippen molar-refractivity contribution in [1.82, 2.24) is 117 Å². The molecule has 9 N–H and O–H groups in total. The normalized spacial score (nSPS) is 11.8. The Morgan fingerprint density at radius 1 is 0.366 bits per heavy atom. The lowest BCUT2D eigenvalue weighted by Gasteiger charge is -2.08. The molecule has 8 aromatic carbocycles. The predicted molar refractivity (Wildman–Crippen MR) is 385 cm³/mol. The Bertz CT molecular complexity index is 5680. The van der Waals surface area contributed by atoms with Gasteiger partial charge in [-0.05, 0) is 151 Å². The lowest BCUT2D eigenvalue weighted by atomic mass is 9.97. The molecule has 0 radical (unpaired) electrons. The van der Waals surface area contributed by atoms with Gasteiger partial charge in [0.1, 0.15) is 47.8 Å². The second kappa shape index (κ2) is 28.1. The minimum Gasteiger partial charge on any atom is -0.454 e. The SMILES string of the molecule is CC(C)Cc1nc(-c2ccc3[nH]nc(-c4ccc5c(c4)OCO5)c3c2)n[nH]1.CCc1ccc(-c2n[nH]c3ccc(-c4n[nH]c(CC(C)C)n4)cc23)cc1CC.Fc1cccc(-c2n[nH]c3ccc(-c4ncn[nH]4)cc23)c1.c1cc(-c2ncn[nH]2)cc(-c2n[nH]c3ccc(-c4ncn[nH]4)cc23)c1. The van der Waals surface area contributed by atoms with Crippen LogP contribution < -0.4 is 9.47 Å². The first-order valence-electron chi connectivity index (χ1n) is 33.2. The molecule has 101 heavy (non-hydrogen) atoms. The number of nitrogens with zero attached hydrogens (tertiary/aromatic N) is 14. The molecule has 0 spiro atoms. The number of ether oxygens (including phenoxy) is 2. The van der Waals surface area contributed by atoms with E-state index >= 15 is 0 Å². The van der Waals surface area contributed by atoms with E-state index in [-0.39, 0.29) is 12.6 Å². The fourth-order valence-corrected chi connectivity index (χ4v) is 12.3. The minimum absolute atomic E-state index is 0.258. The molecule has 18 rings (SSSR count). The number of benzene rings is 8. The highest BCUT2D eigenvalue weighted by atomic mass is 19.1. The molecule has 9 aromatic heterocycles. The van der Waals surface area contributed by atoms with Gasteiger partial charge < -0.3 is 9.47 Å². The Morgan fingerprint density at radius 3 is 1.22 bits per heavy atom. The summed E-state index contributed by atoms with van der Waals surface area (Å²) in [4.78, 5) is 21.8. The molecule has 25 nitrogen and oxygen atoms in total. The molecule has 0 fully saturated rings. The van der Waals surface area contributed by atoms with Gasteiger partial charge in [0.05, 0.1) is 33.5 Å². The summed E-state index contributed by atoms with van der Waals surface area (Å²) in [6, 6.07) is 51.1. The van der Waals surface area contributed by atoms with Crippen molar-refractivity contribution in [1.29, 1.82) is 0 Å². The van der Waals surface area contributed by atoms with Crippen LogP contribution in [0.1, 0.15) is 64.3 Å². The molecule has 17 aromatic rings. The molecular formula is C75H68FN23O2. The summed E-state index contributed by atoms with van der Waals surface area (Å²) in [6.07, 6.45) is 8.31. The Kier molecular flexibility index (Phi) is 17.8. The van der Waals surface area contributed by atoms with Crippen LogP contribution in [0, 0.1) is 17.7 Å². The molecular weight excluding hydrogens is 1270 g/mol. The van der Waals surface area contributed by atoms with E-state index in [2.05, 4.69) is 201 Å². The first kappa shape index (κ1) is 63.9. The third kappa shape index (κ3) is 13.7. The van der Waals surface area contributed by atoms with Gasteiger partial charge in [-0.1, -0.05) is 84.0 Å². The molecule has 0 atom stereocenters. The smallest absolute Gasteiger partial charge is 0.231 e. The Labute approximate surface area is 576 Å². The number of rotatable bonds is 15. The molecule has 10 heterocycles. The van der Waals surface area contributed by atoms with Gasteiger partial charge in [0.25, 0.3) is 0 Å². The van der Waals surface area contributed by atoms with Crippen LogP contribution in [0.2, 0.25) is 0 Å². The number of aromatic amines is 9. The van der Waals surface area contributed by atoms with E-state index in [0.29, 0.717) is 29.2 Å². The molecule has 26 heteroatoms. The summed E-state index contributed by atoms with van der Waals surface area (Å²) in [5, 5.41) is 69.4. The largest absolute Gasteiger partial charge is 0.454 e. The van der Waals surface area contributed by atoms with E-state index in [1.807, 2.05) is 97.1 Å². The van der Waals surface area contributed by atoms with E-state index in [0.717, 1.165) is 177 Å². The standard InChI is InChI=1S/C23H27N5.C20H19N5O2.C17H12N8.C15H10FN5/c1-5-15-7-8-17(12-16(15)6-2)22-19-13-18(9-10-20(19)25-27-22)23-24-21(26-28-23)11-14(3)4;1-11(2)7-18-21-20(25-23-18)13-3-5-15-14(8-13)19(24-22-15)12-4-6-16-17(9-12)27-10-26-16;1-2-10(6-11(3-1)16-18-8-20-24-16)15-13-7-12(17-19-9-21-25-17)4-5-14(13)22-23-15;16-11-3-1-2-9(6-11)14-12-7-10(15-17-8-18-21-15)4-5-13(12)19-20-14/h7-10,12-14H,5-6,11H2,1-4H3,(H,25,27)(H,24,26,28);3-6,8-9,11H,7,10H2,1-2H3,(H,22,24)(H,21,23,25);1-9H,(H,22,23)(H,18,20,24)(H,19,21,25);1-8H,(H,19,20)(H,17,18,21). The first-order chi connectivity index (χ1) is 49.4. The van der Waals surface area contributed by atoms with Crippen molar-refractivity contribution < 1.29 is 13.9 Å². The number of hydrogen-bond acceptors (Lipinski definition) is 16. The number of nitrogens with one attached hydrogen (secondary N) is 9. The molecule has 0 aliphatic carbocycles. The molecule has 1 aliphatic heterocycles. The minimum atomic E-state index is -0.282. The van der Waals surface area contributed by atoms with Gasteiger partial charge in [-0.3, -0.25) is 45.9 Å². The number of hydrogen-bond donors (Lipinski definition) is 9. The van der Waals surface area contributed by atoms with Crippen LogP contribution in [0.3, 0.4) is 0 Å². The van der Waals surface area contributed by atoms with Crippen molar-refractivity contribution in [2.75, 3.05) is 6.79 Å².